The summed E-state index contributed by atoms with van der Waals surface area (Å²) < 4.78 is 40.7. The number of aromatic amines is 1. The SMILES string of the molecule is O=C(Nc1ccc(Oc2ccnc3[nH]nc(N4CCOCC4)c23)c(F)c1)c1ccnn(-c2ccc(F)cc2)c1=O. The minimum absolute atomic E-state index is 0.0813. The third-order valence-electron chi connectivity index (χ3n) is 6.29. The number of amides is 1. The molecular weight excluding hydrogens is 524 g/mol. The van der Waals surface area contributed by atoms with Gasteiger partial charge in [-0.3, -0.25) is 14.7 Å². The number of nitrogens with one attached hydrogen (secondary N) is 2. The zero-order valence-electron chi connectivity index (χ0n) is 20.8. The molecule has 5 aromatic rings. The first-order chi connectivity index (χ1) is 19.5. The van der Waals surface area contributed by atoms with Crippen molar-refractivity contribution in [2.75, 3.05) is 36.5 Å². The highest BCUT2D eigenvalue weighted by atomic mass is 19.1. The molecule has 6 rings (SSSR count). The first-order valence-electron chi connectivity index (χ1n) is 12.3. The van der Waals surface area contributed by atoms with E-state index in [9.17, 15) is 14.0 Å². The summed E-state index contributed by atoms with van der Waals surface area (Å²) >= 11 is 0. The predicted octanol–water partition coefficient (Wildman–Crippen LogP) is 3.66. The maximum absolute atomic E-state index is 15.1. The number of hydrogen-bond acceptors (Lipinski definition) is 8. The lowest BCUT2D eigenvalue weighted by atomic mass is 10.2. The van der Waals surface area contributed by atoms with E-state index in [0.29, 0.717) is 48.9 Å². The Balaban J connectivity index is 1.23. The fraction of sp³-hybridized carbons (Fsp3) is 0.148. The van der Waals surface area contributed by atoms with Crippen molar-refractivity contribution in [3.05, 3.63) is 94.5 Å². The summed E-state index contributed by atoms with van der Waals surface area (Å²) in [5.74, 6) is -1.07. The molecule has 13 heteroatoms. The number of anilines is 2. The molecule has 0 spiro atoms. The van der Waals surface area contributed by atoms with Gasteiger partial charge >= 0.3 is 0 Å². The van der Waals surface area contributed by atoms with Crippen molar-refractivity contribution < 1.29 is 23.0 Å². The van der Waals surface area contributed by atoms with Crippen LogP contribution in [0.25, 0.3) is 16.7 Å². The van der Waals surface area contributed by atoms with Gasteiger partial charge in [0.15, 0.2) is 23.0 Å². The summed E-state index contributed by atoms with van der Waals surface area (Å²) in [5.41, 5.74) is -0.0588. The van der Waals surface area contributed by atoms with Crippen molar-refractivity contribution in [2.24, 2.45) is 0 Å². The number of morpholine rings is 1. The quantitative estimate of drug-likeness (QED) is 0.331. The van der Waals surface area contributed by atoms with E-state index in [4.69, 9.17) is 9.47 Å². The van der Waals surface area contributed by atoms with Gasteiger partial charge in [-0.05, 0) is 42.5 Å². The monoisotopic (exact) mass is 545 g/mol. The molecule has 2 N–H and O–H groups in total. The zero-order chi connectivity index (χ0) is 27.6. The molecule has 0 saturated carbocycles. The van der Waals surface area contributed by atoms with Gasteiger partial charge in [0.1, 0.15) is 22.5 Å². The number of nitrogens with zero attached hydrogens (tertiary/aromatic N) is 5. The van der Waals surface area contributed by atoms with E-state index >= 15 is 4.39 Å². The van der Waals surface area contributed by atoms with Crippen molar-refractivity contribution in [2.45, 2.75) is 0 Å². The molecule has 0 radical (unpaired) electrons. The van der Waals surface area contributed by atoms with Gasteiger partial charge in [0.2, 0.25) is 0 Å². The van der Waals surface area contributed by atoms with Gasteiger partial charge in [0.25, 0.3) is 11.5 Å². The third kappa shape index (κ3) is 4.85. The maximum Gasteiger partial charge on any atom is 0.284 e. The highest BCUT2D eigenvalue weighted by molar-refractivity contribution is 6.04. The number of H-pyrrole nitrogens is 1. The van der Waals surface area contributed by atoms with Crippen molar-refractivity contribution in [1.29, 1.82) is 0 Å². The van der Waals surface area contributed by atoms with Gasteiger partial charge in [-0.1, -0.05) is 0 Å². The second kappa shape index (κ2) is 10.5. The highest BCUT2D eigenvalue weighted by Crippen LogP contribution is 2.36. The molecule has 0 aliphatic carbocycles. The van der Waals surface area contributed by atoms with E-state index in [0.717, 1.165) is 10.7 Å². The molecule has 0 atom stereocenters. The molecule has 11 nitrogen and oxygen atoms in total. The van der Waals surface area contributed by atoms with Gasteiger partial charge in [-0.2, -0.15) is 14.9 Å². The number of pyridine rings is 1. The Morgan fingerprint density at radius 3 is 2.58 bits per heavy atom. The predicted molar refractivity (Wildman–Crippen MR) is 141 cm³/mol. The van der Waals surface area contributed by atoms with Gasteiger partial charge in [-0.15, -0.1) is 0 Å². The van der Waals surface area contributed by atoms with Crippen molar-refractivity contribution in [1.82, 2.24) is 25.0 Å². The molecular formula is C27H21F2N7O4. The average molecular weight is 546 g/mol. The van der Waals surface area contributed by atoms with Crippen LogP contribution in [0, 0.1) is 11.6 Å². The minimum Gasteiger partial charge on any atom is -0.453 e. The Hall–Kier alpha value is -5.17. The molecule has 1 aliphatic heterocycles. The molecule has 40 heavy (non-hydrogen) atoms. The van der Waals surface area contributed by atoms with E-state index in [1.54, 1.807) is 6.07 Å². The van der Waals surface area contributed by atoms with E-state index in [-0.39, 0.29) is 22.7 Å². The van der Waals surface area contributed by atoms with Crippen molar-refractivity contribution in [3.8, 4) is 17.2 Å². The van der Waals surface area contributed by atoms with Crippen LogP contribution >= 0.6 is 0 Å². The van der Waals surface area contributed by atoms with Gasteiger partial charge in [0, 0.05) is 43.3 Å². The molecule has 1 saturated heterocycles. The van der Waals surface area contributed by atoms with Crippen LogP contribution < -0.4 is 20.5 Å². The number of ether oxygens (including phenoxy) is 2. The standard InChI is InChI=1S/C27H21F2N7O4/c28-16-1-4-18(5-2-16)36-27(38)19(7-10-31-36)26(37)32-17-3-6-21(20(29)15-17)40-22-8-9-30-24-23(22)25(34-33-24)35-11-13-39-14-12-35/h1-10,15H,11-14H2,(H,32,37)(H,30,33,34). The van der Waals surface area contributed by atoms with Crippen LogP contribution in [0.15, 0.2) is 71.8 Å². The Morgan fingerprint density at radius 1 is 1.00 bits per heavy atom. The second-order valence-electron chi connectivity index (χ2n) is 8.82. The zero-order valence-corrected chi connectivity index (χ0v) is 20.8. The average Bonchev–Trinajstić information content (AvgIpc) is 3.41. The number of benzene rings is 2. The number of halogens is 2. The number of carbonyl (C=O) groups is 1. The van der Waals surface area contributed by atoms with Gasteiger partial charge < -0.3 is 19.7 Å². The van der Waals surface area contributed by atoms with Crippen LogP contribution in [-0.2, 0) is 4.74 Å². The largest absolute Gasteiger partial charge is 0.453 e. The Bertz CT molecular complexity index is 1770. The summed E-state index contributed by atoms with van der Waals surface area (Å²) in [6.45, 7) is 2.41. The summed E-state index contributed by atoms with van der Waals surface area (Å²) in [5, 5.41) is 14.3. The lowest BCUT2D eigenvalue weighted by Gasteiger charge is -2.27. The molecule has 202 valence electrons. The number of rotatable bonds is 6. The fourth-order valence-corrected chi connectivity index (χ4v) is 4.33. The summed E-state index contributed by atoms with van der Waals surface area (Å²) in [4.78, 5) is 32.1. The van der Waals surface area contributed by atoms with Crippen LogP contribution in [0.4, 0.5) is 20.3 Å². The molecule has 1 fully saturated rings. The normalized spacial score (nSPS) is 13.4. The summed E-state index contributed by atoms with van der Waals surface area (Å²) in [6.07, 6.45) is 2.80. The van der Waals surface area contributed by atoms with Crippen LogP contribution in [0.2, 0.25) is 0 Å². The van der Waals surface area contributed by atoms with E-state index in [2.05, 4.69) is 25.6 Å². The Kier molecular flexibility index (Phi) is 6.62. The topological polar surface area (TPSA) is 127 Å². The van der Waals surface area contributed by atoms with Crippen LogP contribution in [0.5, 0.6) is 11.5 Å². The maximum atomic E-state index is 15.1. The van der Waals surface area contributed by atoms with Crippen LogP contribution in [0.3, 0.4) is 0 Å². The van der Waals surface area contributed by atoms with E-state index in [1.165, 1.54) is 54.9 Å². The van der Waals surface area contributed by atoms with Gasteiger partial charge in [-0.25, -0.2) is 13.8 Å². The first kappa shape index (κ1) is 25.1. The van der Waals surface area contributed by atoms with Crippen LogP contribution in [0.1, 0.15) is 10.4 Å². The lowest BCUT2D eigenvalue weighted by molar-refractivity contribution is 0.102. The Morgan fingerprint density at radius 2 is 1.80 bits per heavy atom. The first-order valence-corrected chi connectivity index (χ1v) is 12.3. The molecule has 2 aromatic carbocycles. The number of hydrogen-bond donors (Lipinski definition) is 2. The summed E-state index contributed by atoms with van der Waals surface area (Å²) in [7, 11) is 0. The number of fused-ring (bicyclic) bond motifs is 1. The lowest BCUT2D eigenvalue weighted by Crippen LogP contribution is -2.36. The second-order valence-corrected chi connectivity index (χ2v) is 8.82. The van der Waals surface area contributed by atoms with Crippen molar-refractivity contribution >= 4 is 28.4 Å². The number of carbonyl (C=O) groups excluding carboxylic acids is 1. The third-order valence-corrected chi connectivity index (χ3v) is 6.29. The molecule has 4 heterocycles. The Labute approximate surface area is 225 Å². The van der Waals surface area contributed by atoms with Crippen molar-refractivity contribution in [3.63, 3.8) is 0 Å². The molecule has 0 bridgehead atoms. The molecule has 1 amide bonds. The minimum atomic E-state index is -0.763. The fourth-order valence-electron chi connectivity index (χ4n) is 4.33. The summed E-state index contributed by atoms with van der Waals surface area (Å²) in [6, 6.07) is 11.9. The van der Waals surface area contributed by atoms with Crippen LogP contribution in [-0.4, -0.2) is 57.2 Å². The van der Waals surface area contributed by atoms with E-state index < -0.39 is 23.1 Å². The molecule has 1 aliphatic rings. The highest BCUT2D eigenvalue weighted by Gasteiger charge is 2.22. The van der Waals surface area contributed by atoms with Gasteiger partial charge in [0.05, 0.1) is 18.9 Å². The molecule has 3 aromatic heterocycles. The molecule has 0 unspecified atom stereocenters. The van der Waals surface area contributed by atoms with E-state index in [1.807, 2.05) is 4.90 Å². The number of aromatic nitrogens is 5. The smallest absolute Gasteiger partial charge is 0.284 e.